The Balaban J connectivity index is 1.62. The number of hydrogen-bond donors (Lipinski definition) is 1. The van der Waals surface area contributed by atoms with Crippen molar-refractivity contribution in [1.29, 1.82) is 0 Å². The van der Waals surface area contributed by atoms with E-state index >= 15 is 0 Å². The predicted molar refractivity (Wildman–Crippen MR) is 110 cm³/mol. The molecule has 1 aliphatic heterocycles. The first-order valence-electron chi connectivity index (χ1n) is 8.81. The van der Waals surface area contributed by atoms with E-state index in [4.69, 9.17) is 4.74 Å². The molecule has 0 saturated carbocycles. The molecule has 28 heavy (non-hydrogen) atoms. The molecule has 2 aromatic heterocycles. The number of nitrogens with one attached hydrogen (secondary N) is 1. The predicted octanol–water partition coefficient (Wildman–Crippen LogP) is 2.45. The maximum absolute atomic E-state index is 12.8. The van der Waals surface area contributed by atoms with Crippen LogP contribution in [-0.4, -0.2) is 40.7 Å². The van der Waals surface area contributed by atoms with E-state index in [9.17, 15) is 9.59 Å². The molecule has 0 aliphatic carbocycles. The third kappa shape index (κ3) is 3.74. The average Bonchev–Trinajstić information content (AvgIpc) is 3.34. The summed E-state index contributed by atoms with van der Waals surface area (Å²) in [6.07, 6.45) is 2.23. The van der Waals surface area contributed by atoms with Gasteiger partial charge in [0.15, 0.2) is 0 Å². The Bertz CT molecular complexity index is 1090. The largest absolute Gasteiger partial charge is 0.496 e. The summed E-state index contributed by atoms with van der Waals surface area (Å²) >= 11 is 4.74. The second-order valence-corrected chi connectivity index (χ2v) is 8.24. The van der Waals surface area contributed by atoms with Crippen LogP contribution in [0.5, 0.6) is 5.75 Å². The second kappa shape index (κ2) is 7.88. The van der Waals surface area contributed by atoms with Gasteiger partial charge < -0.3 is 15.0 Å². The molecule has 0 unspecified atom stereocenters. The zero-order valence-corrected chi connectivity index (χ0v) is 17.5. The molecule has 1 saturated heterocycles. The van der Waals surface area contributed by atoms with Gasteiger partial charge in [-0.1, -0.05) is 27.3 Å². The lowest BCUT2D eigenvalue weighted by atomic mass is 10.2. The average molecular weight is 464 g/mol. The van der Waals surface area contributed by atoms with Gasteiger partial charge in [-0.3, -0.25) is 9.59 Å². The lowest BCUT2D eigenvalue weighted by Gasteiger charge is -2.11. The molecule has 1 amide bonds. The number of nitrogens with zero attached hydrogens (tertiary/aromatic N) is 4. The summed E-state index contributed by atoms with van der Waals surface area (Å²) in [4.78, 5) is 31.4. The van der Waals surface area contributed by atoms with Gasteiger partial charge in [0.25, 0.3) is 11.5 Å². The van der Waals surface area contributed by atoms with E-state index in [0.29, 0.717) is 10.7 Å². The topological polar surface area (TPSA) is 88.8 Å². The number of halogens is 1. The number of amides is 1. The van der Waals surface area contributed by atoms with Crippen molar-refractivity contribution in [2.24, 2.45) is 0 Å². The van der Waals surface area contributed by atoms with Gasteiger partial charge in [0.1, 0.15) is 11.4 Å². The fourth-order valence-corrected chi connectivity index (χ4v) is 4.52. The van der Waals surface area contributed by atoms with Crippen LogP contribution in [0.25, 0.3) is 4.96 Å². The molecule has 1 N–H and O–H groups in total. The van der Waals surface area contributed by atoms with Crippen LogP contribution in [0.1, 0.15) is 28.9 Å². The van der Waals surface area contributed by atoms with Crippen LogP contribution in [0.3, 0.4) is 0 Å². The molecule has 0 bridgehead atoms. The molecule has 8 nitrogen and oxygen atoms in total. The van der Waals surface area contributed by atoms with Crippen molar-refractivity contribution in [2.45, 2.75) is 19.4 Å². The van der Waals surface area contributed by atoms with Gasteiger partial charge in [-0.25, -0.2) is 0 Å². The summed E-state index contributed by atoms with van der Waals surface area (Å²) in [5.41, 5.74) is 0.534. The third-order valence-corrected chi connectivity index (χ3v) is 6.00. The van der Waals surface area contributed by atoms with Gasteiger partial charge in [0.2, 0.25) is 10.1 Å². The van der Waals surface area contributed by atoms with Crippen LogP contribution in [0.4, 0.5) is 5.13 Å². The molecular weight excluding hydrogens is 446 g/mol. The lowest BCUT2D eigenvalue weighted by Crippen LogP contribution is -2.27. The van der Waals surface area contributed by atoms with Crippen LogP contribution in [0.2, 0.25) is 0 Å². The number of fused-ring (bicyclic) bond motifs is 1. The number of anilines is 1. The standard InChI is InChI=1S/C18H18BrN5O3S/c1-27-14-5-4-12(19)8-11(14)10-20-16(26)13-9-15(25)21-17-24(13)22-18(28-17)23-6-2-3-7-23/h4-5,8-9H,2-3,6-7,10H2,1H3,(H,20,26). The summed E-state index contributed by atoms with van der Waals surface area (Å²) in [6, 6.07) is 6.78. The van der Waals surface area contributed by atoms with Gasteiger partial charge in [0, 0.05) is 35.7 Å². The van der Waals surface area contributed by atoms with Crippen molar-refractivity contribution in [3.05, 3.63) is 50.3 Å². The van der Waals surface area contributed by atoms with Crippen LogP contribution in [0, 0.1) is 0 Å². The van der Waals surface area contributed by atoms with E-state index < -0.39 is 11.5 Å². The monoisotopic (exact) mass is 463 g/mol. The first-order chi connectivity index (χ1) is 13.5. The maximum Gasteiger partial charge on any atom is 0.274 e. The van der Waals surface area contributed by atoms with Gasteiger partial charge in [-0.05, 0) is 31.0 Å². The number of benzene rings is 1. The molecule has 3 heterocycles. The first kappa shape index (κ1) is 18.9. The number of carbonyl (C=O) groups is 1. The Labute approximate surface area is 173 Å². The van der Waals surface area contributed by atoms with E-state index in [1.54, 1.807) is 7.11 Å². The van der Waals surface area contributed by atoms with Gasteiger partial charge in [-0.2, -0.15) is 9.50 Å². The van der Waals surface area contributed by atoms with E-state index in [-0.39, 0.29) is 12.2 Å². The highest BCUT2D eigenvalue weighted by atomic mass is 79.9. The van der Waals surface area contributed by atoms with Crippen molar-refractivity contribution < 1.29 is 9.53 Å². The summed E-state index contributed by atoms with van der Waals surface area (Å²) in [5, 5.41) is 8.14. The molecule has 0 radical (unpaired) electrons. The van der Waals surface area contributed by atoms with Crippen molar-refractivity contribution in [3.63, 3.8) is 0 Å². The highest BCUT2D eigenvalue weighted by Gasteiger charge is 2.20. The van der Waals surface area contributed by atoms with Crippen LogP contribution < -0.4 is 20.5 Å². The summed E-state index contributed by atoms with van der Waals surface area (Å²) in [5.74, 6) is 0.278. The Morgan fingerprint density at radius 1 is 1.32 bits per heavy atom. The number of aromatic nitrogens is 3. The van der Waals surface area contributed by atoms with E-state index in [0.717, 1.165) is 41.1 Å². The molecule has 4 rings (SSSR count). The van der Waals surface area contributed by atoms with Crippen molar-refractivity contribution >= 4 is 43.3 Å². The molecule has 146 valence electrons. The second-order valence-electron chi connectivity index (χ2n) is 6.39. The SMILES string of the molecule is COc1ccc(Br)cc1CNC(=O)c1cc(=O)nc2sc(N3CCCC3)nn12. The van der Waals surface area contributed by atoms with Crippen LogP contribution >= 0.6 is 27.3 Å². The van der Waals surface area contributed by atoms with E-state index in [1.165, 1.54) is 21.9 Å². The van der Waals surface area contributed by atoms with Crippen LogP contribution in [0.15, 0.2) is 33.5 Å². The minimum absolute atomic E-state index is 0.172. The molecule has 0 atom stereocenters. The minimum atomic E-state index is -0.457. The Kier molecular flexibility index (Phi) is 5.31. The van der Waals surface area contributed by atoms with Crippen molar-refractivity contribution in [1.82, 2.24) is 19.9 Å². The van der Waals surface area contributed by atoms with Crippen molar-refractivity contribution in [2.75, 3.05) is 25.1 Å². The van der Waals surface area contributed by atoms with Gasteiger partial charge in [-0.15, -0.1) is 5.10 Å². The van der Waals surface area contributed by atoms with Gasteiger partial charge in [0.05, 0.1) is 7.11 Å². The number of rotatable bonds is 5. The smallest absolute Gasteiger partial charge is 0.274 e. The summed E-state index contributed by atoms with van der Waals surface area (Å²) < 4.78 is 7.67. The van der Waals surface area contributed by atoms with Gasteiger partial charge >= 0.3 is 0 Å². The van der Waals surface area contributed by atoms with E-state index in [1.807, 2.05) is 18.2 Å². The third-order valence-electron chi connectivity index (χ3n) is 4.53. The molecule has 3 aromatic rings. The molecule has 0 spiro atoms. The van der Waals surface area contributed by atoms with Crippen molar-refractivity contribution in [3.8, 4) is 5.75 Å². The molecule has 10 heteroatoms. The fourth-order valence-electron chi connectivity index (χ4n) is 3.15. The lowest BCUT2D eigenvalue weighted by molar-refractivity contribution is 0.0943. The highest BCUT2D eigenvalue weighted by Crippen LogP contribution is 2.26. The number of hydrogen-bond acceptors (Lipinski definition) is 7. The molecule has 1 fully saturated rings. The van der Waals surface area contributed by atoms with Crippen LogP contribution in [-0.2, 0) is 6.54 Å². The summed E-state index contributed by atoms with van der Waals surface area (Å²) in [6.45, 7) is 2.10. The zero-order valence-electron chi connectivity index (χ0n) is 15.1. The normalized spacial score (nSPS) is 13.9. The number of methoxy groups -OCH3 is 1. The molecular formula is C18H18BrN5O3S. The summed E-state index contributed by atoms with van der Waals surface area (Å²) in [7, 11) is 1.58. The first-order valence-corrected chi connectivity index (χ1v) is 10.4. The Morgan fingerprint density at radius 3 is 2.86 bits per heavy atom. The zero-order chi connectivity index (χ0) is 19.7. The number of carbonyl (C=O) groups excluding carboxylic acids is 1. The Morgan fingerprint density at radius 2 is 2.11 bits per heavy atom. The fraction of sp³-hybridized carbons (Fsp3) is 0.333. The Hall–Kier alpha value is -2.46. The highest BCUT2D eigenvalue weighted by molar-refractivity contribution is 9.10. The molecule has 1 aliphatic rings. The number of ether oxygens (including phenoxy) is 1. The van der Waals surface area contributed by atoms with E-state index in [2.05, 4.69) is 36.2 Å². The minimum Gasteiger partial charge on any atom is -0.496 e. The quantitative estimate of drug-likeness (QED) is 0.624. The maximum atomic E-state index is 12.8. The molecule has 1 aromatic carbocycles.